The van der Waals surface area contributed by atoms with Gasteiger partial charge in [0.05, 0.1) is 0 Å². The number of benzene rings is 1. The number of hydrogen-bond acceptors (Lipinski definition) is 4. The lowest BCUT2D eigenvalue weighted by Crippen LogP contribution is -2.45. The molecule has 0 saturated carbocycles. The van der Waals surface area contributed by atoms with E-state index in [4.69, 9.17) is 5.11 Å². The maximum absolute atomic E-state index is 14.5. The second-order valence-electron chi connectivity index (χ2n) is 6.01. The van der Waals surface area contributed by atoms with E-state index in [1.807, 2.05) is 11.9 Å². The molecule has 25 heavy (non-hydrogen) atoms. The van der Waals surface area contributed by atoms with Gasteiger partial charge in [-0.3, -0.25) is 4.79 Å². The Hall–Kier alpha value is -2.35. The van der Waals surface area contributed by atoms with Crippen LogP contribution in [0, 0.1) is 11.6 Å². The molecule has 1 heterocycles. The largest absolute Gasteiger partial charge is 0.479 e. The molecule has 1 fully saturated rings. The van der Waals surface area contributed by atoms with E-state index in [-0.39, 0.29) is 5.69 Å². The van der Waals surface area contributed by atoms with Crippen LogP contribution in [0.5, 0.6) is 0 Å². The van der Waals surface area contributed by atoms with Crippen LogP contribution in [0.3, 0.4) is 0 Å². The van der Waals surface area contributed by atoms with E-state index in [0.717, 1.165) is 6.08 Å². The second-order valence-corrected chi connectivity index (χ2v) is 6.01. The molecule has 1 aromatic rings. The van der Waals surface area contributed by atoms with Crippen molar-refractivity contribution in [2.24, 2.45) is 0 Å². The van der Waals surface area contributed by atoms with Crippen molar-refractivity contribution >= 4 is 17.4 Å². The number of carboxylic acids is 1. The number of carbonyl (C=O) groups is 2. The predicted octanol–water partition coefficient (Wildman–Crippen LogP) is 2.27. The fraction of sp³-hybridized carbons (Fsp3) is 0.412. The second kappa shape index (κ2) is 7.26. The lowest BCUT2D eigenvalue weighted by atomic mass is 9.91. The number of carbonyl (C=O) groups excluding carboxylic acids is 1. The summed E-state index contributed by atoms with van der Waals surface area (Å²) in [7, 11) is 1.89. The third kappa shape index (κ3) is 3.68. The number of nitrogens with zero attached hydrogens (tertiary/aromatic N) is 2. The maximum Gasteiger partial charge on any atom is 0.350 e. The van der Waals surface area contributed by atoms with Crippen molar-refractivity contribution in [3.63, 3.8) is 0 Å². The van der Waals surface area contributed by atoms with Crippen LogP contribution in [-0.4, -0.2) is 60.7 Å². The summed E-state index contributed by atoms with van der Waals surface area (Å²) >= 11 is 0. The van der Waals surface area contributed by atoms with Crippen molar-refractivity contribution in [3.8, 4) is 0 Å². The van der Waals surface area contributed by atoms with Gasteiger partial charge in [0.2, 0.25) is 5.78 Å². The maximum atomic E-state index is 14.5. The number of likely N-dealkylation sites (N-methyl/N-ethyl adjacent to an activating group) is 1. The molecule has 2 rings (SSSR count). The lowest BCUT2D eigenvalue weighted by molar-refractivity contribution is -0.147. The van der Waals surface area contributed by atoms with Crippen LogP contribution in [0.1, 0.15) is 16.8 Å². The van der Waals surface area contributed by atoms with Crippen LogP contribution in [0.25, 0.3) is 0 Å². The van der Waals surface area contributed by atoms with Gasteiger partial charge in [0.25, 0.3) is 5.67 Å². The third-order valence-electron chi connectivity index (χ3n) is 4.22. The van der Waals surface area contributed by atoms with Crippen LogP contribution in [0.15, 0.2) is 24.8 Å². The van der Waals surface area contributed by atoms with E-state index in [2.05, 4.69) is 6.58 Å². The Morgan fingerprint density at radius 3 is 2.20 bits per heavy atom. The molecule has 1 unspecified atom stereocenters. The highest BCUT2D eigenvalue weighted by molar-refractivity contribution is 6.15. The summed E-state index contributed by atoms with van der Waals surface area (Å²) in [6.45, 7) is 5.24. The fourth-order valence-corrected chi connectivity index (χ4v) is 2.73. The van der Waals surface area contributed by atoms with Gasteiger partial charge < -0.3 is 14.9 Å². The smallest absolute Gasteiger partial charge is 0.350 e. The number of halogens is 3. The quantitative estimate of drug-likeness (QED) is 0.481. The van der Waals surface area contributed by atoms with Gasteiger partial charge in [0.1, 0.15) is 17.3 Å². The van der Waals surface area contributed by atoms with Crippen molar-refractivity contribution in [1.82, 2.24) is 4.90 Å². The first-order chi connectivity index (χ1) is 11.7. The van der Waals surface area contributed by atoms with Gasteiger partial charge in [-0.1, -0.05) is 6.08 Å². The molecule has 0 radical (unpaired) electrons. The summed E-state index contributed by atoms with van der Waals surface area (Å²) in [5.74, 6) is -5.59. The van der Waals surface area contributed by atoms with Crippen molar-refractivity contribution in [1.29, 1.82) is 0 Å². The zero-order valence-corrected chi connectivity index (χ0v) is 13.8. The van der Waals surface area contributed by atoms with Crippen molar-refractivity contribution in [3.05, 3.63) is 42.0 Å². The van der Waals surface area contributed by atoms with E-state index in [1.165, 1.54) is 4.90 Å². The van der Waals surface area contributed by atoms with Crippen LogP contribution in [0.4, 0.5) is 18.9 Å². The molecule has 0 amide bonds. The minimum atomic E-state index is -3.31. The standard InChI is InChI=1S/C17H19F3N2O3/c1-3-4-17(20,16(24)25)15(23)11-9-12(18)14(13(19)10-11)22-7-5-21(2)6-8-22/h3,9-10H,1,4-8H2,2H3,(H,24,25). The number of Topliss-reactive ketones (excluding diaryl/α,β-unsaturated/α-hetero) is 1. The Labute approximate surface area is 143 Å². The molecule has 0 spiro atoms. The predicted molar refractivity (Wildman–Crippen MR) is 86.7 cm³/mol. The Bertz CT molecular complexity index is 679. The van der Waals surface area contributed by atoms with Crippen molar-refractivity contribution in [2.45, 2.75) is 12.1 Å². The van der Waals surface area contributed by atoms with E-state index >= 15 is 0 Å². The summed E-state index contributed by atoms with van der Waals surface area (Å²) in [6, 6.07) is 1.36. The number of piperazine rings is 1. The van der Waals surface area contributed by atoms with Gasteiger partial charge in [-0.2, -0.15) is 0 Å². The van der Waals surface area contributed by atoms with Crippen molar-refractivity contribution < 1.29 is 27.9 Å². The molecule has 0 aliphatic carbocycles. The molecule has 0 aromatic heterocycles. The van der Waals surface area contributed by atoms with Crippen molar-refractivity contribution in [2.75, 3.05) is 38.1 Å². The minimum absolute atomic E-state index is 0.298. The number of rotatable bonds is 6. The zero-order chi connectivity index (χ0) is 18.8. The molecule has 8 heteroatoms. The van der Waals surface area contributed by atoms with Gasteiger partial charge in [0, 0.05) is 38.2 Å². The first-order valence-electron chi connectivity index (χ1n) is 7.71. The third-order valence-corrected chi connectivity index (χ3v) is 4.22. The lowest BCUT2D eigenvalue weighted by Gasteiger charge is -2.34. The molecule has 1 aliphatic rings. The average Bonchev–Trinajstić information content (AvgIpc) is 2.55. The first-order valence-corrected chi connectivity index (χ1v) is 7.71. The average molecular weight is 356 g/mol. The van der Waals surface area contributed by atoms with E-state index < -0.39 is 41.0 Å². The molecule has 136 valence electrons. The van der Waals surface area contributed by atoms with Gasteiger partial charge >= 0.3 is 5.97 Å². The SMILES string of the molecule is C=CCC(F)(C(=O)O)C(=O)c1cc(F)c(N2CCN(C)CC2)c(F)c1. The minimum Gasteiger partial charge on any atom is -0.479 e. The Balaban J connectivity index is 2.37. The molecular formula is C17H19F3N2O3. The molecule has 0 bridgehead atoms. The summed E-state index contributed by atoms with van der Waals surface area (Å²) < 4.78 is 43.3. The summed E-state index contributed by atoms with van der Waals surface area (Å²) in [4.78, 5) is 26.8. The summed E-state index contributed by atoms with van der Waals surface area (Å²) in [6.07, 6.45) is 0.127. The van der Waals surface area contributed by atoms with Crippen LogP contribution < -0.4 is 4.90 Å². The van der Waals surface area contributed by atoms with E-state index in [1.54, 1.807) is 0 Å². The Morgan fingerprint density at radius 2 is 1.76 bits per heavy atom. The number of aliphatic carboxylic acids is 1. The normalized spacial score (nSPS) is 17.8. The highest BCUT2D eigenvalue weighted by Gasteiger charge is 2.46. The van der Waals surface area contributed by atoms with E-state index in [0.29, 0.717) is 38.3 Å². The number of alkyl halides is 1. The topological polar surface area (TPSA) is 60.9 Å². The molecule has 5 nitrogen and oxygen atoms in total. The van der Waals surface area contributed by atoms with E-state index in [9.17, 15) is 22.8 Å². The molecule has 1 N–H and O–H groups in total. The highest BCUT2D eigenvalue weighted by atomic mass is 19.1. The monoisotopic (exact) mass is 356 g/mol. The Morgan fingerprint density at radius 1 is 1.24 bits per heavy atom. The Kier molecular flexibility index (Phi) is 5.52. The van der Waals surface area contributed by atoms with Gasteiger partial charge in [-0.25, -0.2) is 18.0 Å². The van der Waals surface area contributed by atoms with Gasteiger partial charge in [-0.15, -0.1) is 6.58 Å². The number of allylic oxidation sites excluding steroid dienone is 1. The first kappa shape index (κ1) is 19.0. The number of hydrogen-bond donors (Lipinski definition) is 1. The van der Waals surface area contributed by atoms with Crippen LogP contribution in [-0.2, 0) is 4.79 Å². The van der Waals surface area contributed by atoms with Crippen LogP contribution in [0.2, 0.25) is 0 Å². The highest BCUT2D eigenvalue weighted by Crippen LogP contribution is 2.30. The number of anilines is 1. The molecule has 1 aromatic carbocycles. The molecular weight excluding hydrogens is 337 g/mol. The van der Waals surface area contributed by atoms with Gasteiger partial charge in [-0.05, 0) is 19.2 Å². The summed E-state index contributed by atoms with van der Waals surface area (Å²) in [5.41, 5.74) is -4.27. The number of carboxylic acid groups (broad SMARTS) is 1. The number of ketones is 1. The molecule has 1 atom stereocenters. The zero-order valence-electron chi connectivity index (χ0n) is 13.8. The van der Waals surface area contributed by atoms with Gasteiger partial charge in [0.15, 0.2) is 0 Å². The van der Waals surface area contributed by atoms with Crippen LogP contribution >= 0.6 is 0 Å². The fourth-order valence-electron chi connectivity index (χ4n) is 2.73. The molecule has 1 aliphatic heterocycles. The molecule has 1 saturated heterocycles. The summed E-state index contributed by atoms with van der Waals surface area (Å²) in [5, 5.41) is 8.97.